The molecule has 0 unspecified atom stereocenters. The number of carbonyl (C=O) groups excluding carboxylic acids is 1. The number of hydrogen-bond donors (Lipinski definition) is 1. The second-order valence-electron chi connectivity index (χ2n) is 7.88. The van der Waals surface area contributed by atoms with Crippen molar-refractivity contribution in [2.24, 2.45) is 13.0 Å². The van der Waals surface area contributed by atoms with Crippen LogP contribution in [0.1, 0.15) is 63.9 Å². The van der Waals surface area contributed by atoms with Gasteiger partial charge >= 0.3 is 0 Å². The SMILES string of the molecule is CCc1ccc(O[C@H](C)c2nnc(SCC(=O)N[C@H]3CCCC[C@H]3C)n2C)cc1. The third kappa shape index (κ3) is 5.75. The molecule has 0 aliphatic heterocycles. The number of benzene rings is 1. The van der Waals surface area contributed by atoms with Gasteiger partial charge in [-0.05, 0) is 49.8 Å². The van der Waals surface area contributed by atoms with Crippen molar-refractivity contribution in [2.75, 3.05) is 5.75 Å². The van der Waals surface area contributed by atoms with E-state index in [0.717, 1.165) is 29.6 Å². The lowest BCUT2D eigenvalue weighted by atomic mass is 9.86. The predicted octanol–water partition coefficient (Wildman–Crippen LogP) is 4.30. The number of amides is 1. The van der Waals surface area contributed by atoms with Gasteiger partial charge in [-0.2, -0.15) is 0 Å². The highest BCUT2D eigenvalue weighted by molar-refractivity contribution is 7.99. The van der Waals surface area contributed by atoms with Crippen molar-refractivity contribution in [3.8, 4) is 5.75 Å². The third-order valence-corrected chi connectivity index (χ3v) is 6.69. The Bertz CT molecular complexity index is 806. The molecule has 1 amide bonds. The van der Waals surface area contributed by atoms with Gasteiger partial charge in [-0.25, -0.2) is 0 Å². The fourth-order valence-corrected chi connectivity index (χ4v) is 4.50. The first-order valence-electron chi connectivity index (χ1n) is 10.5. The van der Waals surface area contributed by atoms with E-state index in [0.29, 0.717) is 17.7 Å². The van der Waals surface area contributed by atoms with Crippen molar-refractivity contribution in [1.29, 1.82) is 0 Å². The Morgan fingerprint density at radius 1 is 1.28 bits per heavy atom. The van der Waals surface area contributed by atoms with Crippen LogP contribution in [0, 0.1) is 5.92 Å². The summed E-state index contributed by atoms with van der Waals surface area (Å²) in [6.07, 6.45) is 5.53. The summed E-state index contributed by atoms with van der Waals surface area (Å²) in [5.41, 5.74) is 1.28. The number of thioether (sulfide) groups is 1. The van der Waals surface area contributed by atoms with E-state index in [1.807, 2.05) is 30.7 Å². The third-order valence-electron chi connectivity index (χ3n) is 5.67. The lowest BCUT2D eigenvalue weighted by molar-refractivity contribution is -0.119. The second-order valence-corrected chi connectivity index (χ2v) is 8.82. The van der Waals surface area contributed by atoms with E-state index in [2.05, 4.69) is 41.5 Å². The number of aromatic nitrogens is 3. The molecule has 2 aromatic rings. The molecule has 1 saturated carbocycles. The maximum absolute atomic E-state index is 12.4. The lowest BCUT2D eigenvalue weighted by Crippen LogP contribution is -2.41. The number of aryl methyl sites for hydroxylation is 1. The summed E-state index contributed by atoms with van der Waals surface area (Å²) < 4.78 is 7.93. The van der Waals surface area contributed by atoms with Crippen LogP contribution < -0.4 is 10.1 Å². The van der Waals surface area contributed by atoms with Gasteiger partial charge < -0.3 is 14.6 Å². The molecule has 3 rings (SSSR count). The van der Waals surface area contributed by atoms with Crippen LogP contribution in [0.25, 0.3) is 0 Å². The van der Waals surface area contributed by atoms with E-state index in [1.54, 1.807) is 0 Å². The molecule has 7 heteroatoms. The van der Waals surface area contributed by atoms with Crippen LogP contribution in [-0.4, -0.2) is 32.5 Å². The Hall–Kier alpha value is -2.02. The molecule has 6 nitrogen and oxygen atoms in total. The summed E-state index contributed by atoms with van der Waals surface area (Å²) in [6.45, 7) is 6.32. The van der Waals surface area contributed by atoms with Crippen molar-refractivity contribution in [2.45, 2.75) is 70.2 Å². The first-order valence-corrected chi connectivity index (χ1v) is 11.5. The number of carbonyl (C=O) groups is 1. The fraction of sp³-hybridized carbons (Fsp3) is 0.591. The monoisotopic (exact) mass is 416 g/mol. The van der Waals surface area contributed by atoms with E-state index < -0.39 is 0 Å². The Balaban J connectivity index is 1.53. The van der Waals surface area contributed by atoms with Crippen molar-refractivity contribution >= 4 is 17.7 Å². The quantitative estimate of drug-likeness (QED) is 0.650. The summed E-state index contributed by atoms with van der Waals surface area (Å²) in [5, 5.41) is 12.5. The summed E-state index contributed by atoms with van der Waals surface area (Å²) in [5.74, 6) is 2.53. The van der Waals surface area contributed by atoms with Crippen molar-refractivity contribution < 1.29 is 9.53 Å². The molecule has 1 heterocycles. The molecule has 0 bridgehead atoms. The summed E-state index contributed by atoms with van der Waals surface area (Å²) in [6, 6.07) is 8.42. The van der Waals surface area contributed by atoms with Gasteiger partial charge in [-0.1, -0.05) is 50.6 Å². The summed E-state index contributed by atoms with van der Waals surface area (Å²) >= 11 is 1.42. The molecule has 1 N–H and O–H groups in total. The van der Waals surface area contributed by atoms with E-state index in [9.17, 15) is 4.79 Å². The minimum atomic E-state index is -0.230. The smallest absolute Gasteiger partial charge is 0.230 e. The van der Waals surface area contributed by atoms with Gasteiger partial charge in [0.05, 0.1) is 5.75 Å². The standard InChI is InChI=1S/C22H32N4O2S/c1-5-17-10-12-18(13-11-17)28-16(3)21-24-25-22(26(21)4)29-14-20(27)23-19-9-7-6-8-15(19)2/h10-13,15-16,19H,5-9,14H2,1-4H3,(H,23,27)/t15-,16-,19+/m1/s1. The van der Waals surface area contributed by atoms with Gasteiger partial charge in [0.25, 0.3) is 0 Å². The number of hydrogen-bond acceptors (Lipinski definition) is 5. The molecule has 3 atom stereocenters. The highest BCUT2D eigenvalue weighted by Crippen LogP contribution is 2.25. The zero-order valence-electron chi connectivity index (χ0n) is 17.9. The van der Waals surface area contributed by atoms with E-state index in [1.165, 1.54) is 36.6 Å². The molecule has 0 spiro atoms. The van der Waals surface area contributed by atoms with E-state index >= 15 is 0 Å². The minimum absolute atomic E-state index is 0.0682. The Labute approximate surface area is 177 Å². The van der Waals surface area contributed by atoms with Crippen LogP contribution in [0.3, 0.4) is 0 Å². The van der Waals surface area contributed by atoms with Crippen LogP contribution in [0.15, 0.2) is 29.4 Å². The molecule has 1 aliphatic carbocycles. The Morgan fingerprint density at radius 2 is 2.00 bits per heavy atom. The second kappa shape index (κ2) is 10.1. The number of ether oxygens (including phenoxy) is 1. The fourth-order valence-electron chi connectivity index (χ4n) is 3.78. The van der Waals surface area contributed by atoms with Crippen LogP contribution in [0.2, 0.25) is 0 Å². The Morgan fingerprint density at radius 3 is 2.69 bits per heavy atom. The maximum atomic E-state index is 12.4. The minimum Gasteiger partial charge on any atom is -0.483 e. The molecule has 0 saturated heterocycles. The molecule has 158 valence electrons. The first-order chi connectivity index (χ1) is 14.0. The molecule has 29 heavy (non-hydrogen) atoms. The van der Waals surface area contributed by atoms with Crippen LogP contribution >= 0.6 is 11.8 Å². The van der Waals surface area contributed by atoms with E-state index in [4.69, 9.17) is 4.74 Å². The van der Waals surface area contributed by atoms with Crippen LogP contribution in [0.5, 0.6) is 5.75 Å². The zero-order chi connectivity index (χ0) is 20.8. The number of nitrogens with zero attached hydrogens (tertiary/aromatic N) is 3. The summed E-state index contributed by atoms with van der Waals surface area (Å²) in [7, 11) is 1.92. The molecule has 1 aromatic carbocycles. The molecular formula is C22H32N4O2S. The Kier molecular flexibility index (Phi) is 7.58. The van der Waals surface area contributed by atoms with Crippen molar-refractivity contribution in [3.63, 3.8) is 0 Å². The predicted molar refractivity (Wildman–Crippen MR) is 116 cm³/mol. The van der Waals surface area contributed by atoms with Gasteiger partial charge in [0.2, 0.25) is 5.91 Å². The van der Waals surface area contributed by atoms with Gasteiger partial charge in [0.15, 0.2) is 17.1 Å². The normalized spacial score (nSPS) is 20.3. The molecule has 1 aliphatic rings. The lowest BCUT2D eigenvalue weighted by Gasteiger charge is -2.29. The average molecular weight is 417 g/mol. The van der Waals surface area contributed by atoms with Gasteiger partial charge in [0.1, 0.15) is 5.75 Å². The molecule has 0 radical (unpaired) electrons. The summed E-state index contributed by atoms with van der Waals surface area (Å²) in [4.78, 5) is 12.4. The largest absolute Gasteiger partial charge is 0.483 e. The topological polar surface area (TPSA) is 69.0 Å². The molecule has 1 aromatic heterocycles. The van der Waals surface area contributed by atoms with Crippen molar-refractivity contribution in [3.05, 3.63) is 35.7 Å². The maximum Gasteiger partial charge on any atom is 0.230 e. The first kappa shape index (κ1) is 21.7. The van der Waals surface area contributed by atoms with Crippen molar-refractivity contribution in [1.82, 2.24) is 20.1 Å². The van der Waals surface area contributed by atoms with E-state index in [-0.39, 0.29) is 12.0 Å². The van der Waals surface area contributed by atoms with Gasteiger partial charge in [0, 0.05) is 13.1 Å². The molecular weight excluding hydrogens is 384 g/mol. The number of rotatable bonds is 8. The van der Waals surface area contributed by atoms with Crippen LogP contribution in [0.4, 0.5) is 0 Å². The van der Waals surface area contributed by atoms with Crippen LogP contribution in [-0.2, 0) is 18.3 Å². The highest BCUT2D eigenvalue weighted by atomic mass is 32.2. The number of nitrogens with one attached hydrogen (secondary N) is 1. The highest BCUT2D eigenvalue weighted by Gasteiger charge is 2.23. The molecule has 1 fully saturated rings. The van der Waals surface area contributed by atoms with Gasteiger partial charge in [-0.15, -0.1) is 10.2 Å². The van der Waals surface area contributed by atoms with Gasteiger partial charge in [-0.3, -0.25) is 4.79 Å². The average Bonchev–Trinajstić information content (AvgIpc) is 3.09. The zero-order valence-corrected chi connectivity index (χ0v) is 18.7.